The molecule has 1 rings (SSSR count). The van der Waals surface area contributed by atoms with Crippen molar-refractivity contribution in [2.75, 3.05) is 18.0 Å². The Bertz CT molecular complexity index is 452. The van der Waals surface area contributed by atoms with Crippen molar-refractivity contribution in [3.63, 3.8) is 0 Å². The molecular weight excluding hydrogens is 243 g/mol. The third-order valence-electron chi connectivity index (χ3n) is 2.86. The Morgan fingerprint density at radius 2 is 2.05 bits per heavy atom. The lowest BCUT2D eigenvalue weighted by Crippen LogP contribution is -2.30. The Balaban J connectivity index is 3.16. The lowest BCUT2D eigenvalue weighted by Gasteiger charge is -2.29. The van der Waals surface area contributed by atoms with Gasteiger partial charge in [0.1, 0.15) is 5.82 Å². The van der Waals surface area contributed by atoms with Crippen LogP contribution in [0.15, 0.2) is 18.2 Å². The topological polar surface area (TPSA) is 47.3 Å². The minimum absolute atomic E-state index is 0.334. The van der Waals surface area contributed by atoms with Crippen molar-refractivity contribution >= 4 is 5.69 Å². The van der Waals surface area contributed by atoms with E-state index < -0.39 is 6.10 Å². The summed E-state index contributed by atoms with van der Waals surface area (Å²) < 4.78 is 14.1. The number of nitriles is 1. The summed E-state index contributed by atoms with van der Waals surface area (Å²) in [6.07, 6.45) is -0.400. The largest absolute Gasteiger partial charge is 0.389 e. The van der Waals surface area contributed by atoms with Crippen LogP contribution in [-0.2, 0) is 0 Å². The number of hydrogen-bond acceptors (Lipinski definition) is 3. The molecule has 0 amide bonds. The van der Waals surface area contributed by atoms with Crippen molar-refractivity contribution in [2.45, 2.75) is 33.3 Å². The Morgan fingerprint density at radius 3 is 2.58 bits per heavy atom. The lowest BCUT2D eigenvalue weighted by atomic mass is 10.1. The molecule has 104 valence electrons. The SMILES string of the molecule is CC(C)CN(CCC#N)c1c(F)cccc1[C@H](C)O. The van der Waals surface area contributed by atoms with Gasteiger partial charge in [0.2, 0.25) is 0 Å². The molecule has 4 heteroatoms. The highest BCUT2D eigenvalue weighted by molar-refractivity contribution is 5.56. The third-order valence-corrected chi connectivity index (χ3v) is 2.86. The van der Waals surface area contributed by atoms with Gasteiger partial charge in [-0.15, -0.1) is 0 Å². The molecule has 3 nitrogen and oxygen atoms in total. The maximum Gasteiger partial charge on any atom is 0.146 e. The number of anilines is 1. The average molecular weight is 264 g/mol. The molecule has 0 fully saturated rings. The number of rotatable bonds is 6. The molecule has 0 spiro atoms. The summed E-state index contributed by atoms with van der Waals surface area (Å²) in [5.74, 6) is -0.00265. The van der Waals surface area contributed by atoms with Crippen LogP contribution in [0.2, 0.25) is 0 Å². The van der Waals surface area contributed by atoms with Crippen LogP contribution in [0.5, 0.6) is 0 Å². The van der Waals surface area contributed by atoms with Gasteiger partial charge in [0.15, 0.2) is 0 Å². The van der Waals surface area contributed by atoms with Gasteiger partial charge < -0.3 is 10.0 Å². The minimum atomic E-state index is -0.734. The van der Waals surface area contributed by atoms with Crippen molar-refractivity contribution in [1.82, 2.24) is 0 Å². The standard InChI is InChI=1S/C15H21FN2O/c1-11(2)10-18(9-5-8-17)15-13(12(3)19)6-4-7-14(15)16/h4,6-7,11-12,19H,5,9-10H2,1-3H3/t12-/m0/s1. The van der Waals surface area contributed by atoms with Crippen LogP contribution in [0.1, 0.15) is 38.9 Å². The van der Waals surface area contributed by atoms with E-state index in [9.17, 15) is 9.50 Å². The summed E-state index contributed by atoms with van der Waals surface area (Å²) in [6, 6.07) is 6.79. The first-order valence-electron chi connectivity index (χ1n) is 6.55. The zero-order valence-corrected chi connectivity index (χ0v) is 11.7. The van der Waals surface area contributed by atoms with Crippen LogP contribution in [0, 0.1) is 23.1 Å². The van der Waals surface area contributed by atoms with E-state index in [0.717, 1.165) is 0 Å². The lowest BCUT2D eigenvalue weighted by molar-refractivity contribution is 0.199. The van der Waals surface area contributed by atoms with Crippen molar-refractivity contribution < 1.29 is 9.50 Å². The van der Waals surface area contributed by atoms with Gasteiger partial charge in [0.05, 0.1) is 24.3 Å². The highest BCUT2D eigenvalue weighted by atomic mass is 19.1. The average Bonchev–Trinajstić information content (AvgIpc) is 2.33. The van der Waals surface area contributed by atoms with Crippen LogP contribution in [0.3, 0.4) is 0 Å². The molecule has 19 heavy (non-hydrogen) atoms. The molecule has 0 unspecified atom stereocenters. The van der Waals surface area contributed by atoms with Gasteiger partial charge in [-0.1, -0.05) is 26.0 Å². The monoisotopic (exact) mass is 264 g/mol. The van der Waals surface area contributed by atoms with Crippen molar-refractivity contribution in [3.8, 4) is 6.07 Å². The summed E-state index contributed by atoms with van der Waals surface area (Å²) >= 11 is 0. The molecular formula is C15H21FN2O. The van der Waals surface area contributed by atoms with E-state index in [4.69, 9.17) is 5.26 Å². The summed E-state index contributed by atoms with van der Waals surface area (Å²) in [4.78, 5) is 1.85. The summed E-state index contributed by atoms with van der Waals surface area (Å²) in [6.45, 7) is 6.83. The molecule has 1 N–H and O–H groups in total. The second-order valence-electron chi connectivity index (χ2n) is 5.10. The summed E-state index contributed by atoms with van der Waals surface area (Å²) in [5, 5.41) is 18.5. The second kappa shape index (κ2) is 7.10. The van der Waals surface area contributed by atoms with E-state index in [-0.39, 0.29) is 5.82 Å². The zero-order valence-electron chi connectivity index (χ0n) is 11.7. The number of aliphatic hydroxyl groups is 1. The summed E-state index contributed by atoms with van der Waals surface area (Å²) in [5.41, 5.74) is 0.986. The van der Waals surface area contributed by atoms with Gasteiger partial charge in [-0.2, -0.15) is 5.26 Å². The van der Waals surface area contributed by atoms with Crippen LogP contribution in [-0.4, -0.2) is 18.2 Å². The molecule has 0 aliphatic heterocycles. The second-order valence-corrected chi connectivity index (χ2v) is 5.10. The fourth-order valence-corrected chi connectivity index (χ4v) is 2.12. The van der Waals surface area contributed by atoms with Gasteiger partial charge in [-0.25, -0.2) is 4.39 Å². The van der Waals surface area contributed by atoms with Gasteiger partial charge >= 0.3 is 0 Å². The Hall–Kier alpha value is -1.60. The normalized spacial score (nSPS) is 12.3. The molecule has 0 aliphatic carbocycles. The van der Waals surface area contributed by atoms with Crippen molar-refractivity contribution in [1.29, 1.82) is 5.26 Å². The third kappa shape index (κ3) is 4.22. The van der Waals surface area contributed by atoms with E-state index in [1.165, 1.54) is 6.07 Å². The van der Waals surface area contributed by atoms with E-state index in [1.54, 1.807) is 19.1 Å². The molecule has 0 radical (unpaired) electrons. The van der Waals surface area contributed by atoms with Gasteiger partial charge in [-0.05, 0) is 18.9 Å². The number of hydrogen-bond donors (Lipinski definition) is 1. The Morgan fingerprint density at radius 1 is 1.37 bits per heavy atom. The molecule has 1 aromatic carbocycles. The van der Waals surface area contributed by atoms with Crippen LogP contribution in [0.4, 0.5) is 10.1 Å². The van der Waals surface area contributed by atoms with Gasteiger partial charge in [0.25, 0.3) is 0 Å². The molecule has 0 saturated heterocycles. The zero-order chi connectivity index (χ0) is 14.4. The minimum Gasteiger partial charge on any atom is -0.389 e. The maximum absolute atomic E-state index is 14.1. The van der Waals surface area contributed by atoms with Crippen molar-refractivity contribution in [2.24, 2.45) is 5.92 Å². The number of benzene rings is 1. The summed E-state index contributed by atoms with van der Waals surface area (Å²) in [7, 11) is 0. The molecule has 1 aromatic rings. The fourth-order valence-electron chi connectivity index (χ4n) is 2.12. The maximum atomic E-state index is 14.1. The molecule has 0 aliphatic rings. The van der Waals surface area contributed by atoms with Gasteiger partial charge in [-0.3, -0.25) is 0 Å². The quantitative estimate of drug-likeness (QED) is 0.858. The van der Waals surface area contributed by atoms with Crippen LogP contribution >= 0.6 is 0 Å². The number of nitrogens with zero attached hydrogens (tertiary/aromatic N) is 2. The van der Waals surface area contributed by atoms with Crippen LogP contribution < -0.4 is 4.90 Å². The molecule has 0 saturated carbocycles. The Labute approximate surface area is 114 Å². The van der Waals surface area contributed by atoms with E-state index >= 15 is 0 Å². The van der Waals surface area contributed by atoms with E-state index in [1.807, 2.05) is 18.7 Å². The smallest absolute Gasteiger partial charge is 0.146 e. The first-order valence-corrected chi connectivity index (χ1v) is 6.55. The van der Waals surface area contributed by atoms with Crippen LogP contribution in [0.25, 0.3) is 0 Å². The predicted molar refractivity (Wildman–Crippen MR) is 74.3 cm³/mol. The molecule has 0 bridgehead atoms. The van der Waals surface area contributed by atoms with E-state index in [0.29, 0.717) is 36.7 Å². The number of aliphatic hydroxyl groups excluding tert-OH is 1. The molecule has 0 heterocycles. The molecule has 0 aromatic heterocycles. The number of halogens is 1. The first kappa shape index (κ1) is 15.5. The van der Waals surface area contributed by atoms with E-state index in [2.05, 4.69) is 6.07 Å². The fraction of sp³-hybridized carbons (Fsp3) is 0.533. The number of para-hydroxylation sites is 1. The predicted octanol–water partition coefficient (Wildman–Crippen LogP) is 3.26. The van der Waals surface area contributed by atoms with Crippen molar-refractivity contribution in [3.05, 3.63) is 29.6 Å². The first-order chi connectivity index (χ1) is 8.97. The molecule has 1 atom stereocenters. The highest BCUT2D eigenvalue weighted by Gasteiger charge is 2.19. The Kier molecular flexibility index (Phi) is 5.78. The highest BCUT2D eigenvalue weighted by Crippen LogP contribution is 2.30. The van der Waals surface area contributed by atoms with Gasteiger partial charge in [0, 0.05) is 18.7 Å².